The molecule has 0 fully saturated rings. The summed E-state index contributed by atoms with van der Waals surface area (Å²) in [5.74, 6) is 0.0506. The van der Waals surface area contributed by atoms with Gasteiger partial charge in [0.2, 0.25) is 5.91 Å². The number of rotatable bonds is 2. The molecule has 16 heavy (non-hydrogen) atoms. The zero-order valence-electron chi connectivity index (χ0n) is 9.65. The van der Waals surface area contributed by atoms with E-state index in [-0.39, 0.29) is 11.9 Å². The SMILES string of the molecule is CCC(N)C(=O)N1CCCc2ccccc21. The van der Waals surface area contributed by atoms with Crippen LogP contribution in [-0.4, -0.2) is 18.5 Å². The lowest BCUT2D eigenvalue weighted by molar-refractivity contribution is -0.120. The summed E-state index contributed by atoms with van der Waals surface area (Å²) in [6.45, 7) is 2.74. The lowest BCUT2D eigenvalue weighted by Gasteiger charge is -2.31. The van der Waals surface area contributed by atoms with Gasteiger partial charge in [-0.2, -0.15) is 0 Å². The number of carbonyl (C=O) groups is 1. The van der Waals surface area contributed by atoms with Crippen LogP contribution in [0.1, 0.15) is 25.3 Å². The highest BCUT2D eigenvalue weighted by Gasteiger charge is 2.25. The average Bonchev–Trinajstić information content (AvgIpc) is 2.36. The Labute approximate surface area is 96.2 Å². The van der Waals surface area contributed by atoms with Crippen LogP contribution in [0.2, 0.25) is 0 Å². The molecule has 0 spiro atoms. The van der Waals surface area contributed by atoms with Crippen molar-refractivity contribution >= 4 is 11.6 Å². The third-order valence-electron chi connectivity index (χ3n) is 3.13. The maximum absolute atomic E-state index is 12.1. The fourth-order valence-electron chi connectivity index (χ4n) is 2.14. The van der Waals surface area contributed by atoms with Gasteiger partial charge in [0.05, 0.1) is 6.04 Å². The molecule has 2 rings (SSSR count). The van der Waals surface area contributed by atoms with Gasteiger partial charge in [0.25, 0.3) is 0 Å². The normalized spacial score (nSPS) is 16.8. The van der Waals surface area contributed by atoms with Crippen molar-refractivity contribution in [1.82, 2.24) is 0 Å². The Balaban J connectivity index is 2.28. The largest absolute Gasteiger partial charge is 0.320 e. The number of nitrogens with two attached hydrogens (primary N) is 1. The molecule has 0 radical (unpaired) electrons. The van der Waals surface area contributed by atoms with Crippen molar-refractivity contribution in [2.45, 2.75) is 32.2 Å². The van der Waals surface area contributed by atoms with Crippen molar-refractivity contribution < 1.29 is 4.79 Å². The van der Waals surface area contributed by atoms with Gasteiger partial charge in [-0.1, -0.05) is 25.1 Å². The Hall–Kier alpha value is -1.35. The van der Waals surface area contributed by atoms with Gasteiger partial charge in [0, 0.05) is 12.2 Å². The number of anilines is 1. The molecule has 86 valence electrons. The lowest BCUT2D eigenvalue weighted by atomic mass is 10.0. The fourth-order valence-corrected chi connectivity index (χ4v) is 2.14. The van der Waals surface area contributed by atoms with Crippen LogP contribution in [0.25, 0.3) is 0 Å². The van der Waals surface area contributed by atoms with E-state index in [1.165, 1.54) is 5.56 Å². The number of fused-ring (bicyclic) bond motifs is 1. The van der Waals surface area contributed by atoms with E-state index in [0.717, 1.165) is 25.1 Å². The first kappa shape index (κ1) is 11.1. The average molecular weight is 218 g/mol. The molecule has 1 unspecified atom stereocenters. The molecule has 0 bridgehead atoms. The van der Waals surface area contributed by atoms with Gasteiger partial charge in [-0.15, -0.1) is 0 Å². The van der Waals surface area contributed by atoms with Crippen LogP contribution in [0.15, 0.2) is 24.3 Å². The van der Waals surface area contributed by atoms with Crippen LogP contribution in [0.4, 0.5) is 5.69 Å². The minimum absolute atomic E-state index is 0.0506. The van der Waals surface area contributed by atoms with Gasteiger partial charge in [0.15, 0.2) is 0 Å². The highest BCUT2D eigenvalue weighted by atomic mass is 16.2. The molecule has 1 amide bonds. The van der Waals surface area contributed by atoms with Crippen molar-refractivity contribution in [1.29, 1.82) is 0 Å². The van der Waals surface area contributed by atoms with Crippen LogP contribution in [0, 0.1) is 0 Å². The summed E-state index contributed by atoms with van der Waals surface area (Å²) in [5, 5.41) is 0. The summed E-state index contributed by atoms with van der Waals surface area (Å²) in [6, 6.07) is 7.72. The predicted octanol–water partition coefficient (Wildman–Crippen LogP) is 1.70. The van der Waals surface area contributed by atoms with Crippen LogP contribution in [-0.2, 0) is 11.2 Å². The van der Waals surface area contributed by atoms with E-state index in [0.29, 0.717) is 6.42 Å². The Morgan fingerprint density at radius 2 is 2.25 bits per heavy atom. The Bertz CT molecular complexity index is 389. The van der Waals surface area contributed by atoms with Crippen molar-refractivity contribution in [2.24, 2.45) is 5.73 Å². The molecule has 1 aliphatic rings. The summed E-state index contributed by atoms with van der Waals surface area (Å²) in [6.07, 6.45) is 2.78. The van der Waals surface area contributed by atoms with Crippen molar-refractivity contribution in [3.8, 4) is 0 Å². The number of hydrogen-bond donors (Lipinski definition) is 1. The molecule has 1 aromatic carbocycles. The molecule has 3 nitrogen and oxygen atoms in total. The van der Waals surface area contributed by atoms with E-state index in [4.69, 9.17) is 5.73 Å². The maximum Gasteiger partial charge on any atom is 0.243 e. The van der Waals surface area contributed by atoms with E-state index in [2.05, 4.69) is 6.07 Å². The number of amides is 1. The second-order valence-corrected chi connectivity index (χ2v) is 4.24. The van der Waals surface area contributed by atoms with Gasteiger partial charge >= 0.3 is 0 Å². The van der Waals surface area contributed by atoms with E-state index in [1.54, 1.807) is 0 Å². The monoisotopic (exact) mass is 218 g/mol. The van der Waals surface area contributed by atoms with Gasteiger partial charge in [-0.05, 0) is 30.9 Å². The third kappa shape index (κ3) is 1.95. The molecular weight excluding hydrogens is 200 g/mol. The predicted molar refractivity (Wildman–Crippen MR) is 65.4 cm³/mol. The zero-order chi connectivity index (χ0) is 11.5. The topological polar surface area (TPSA) is 46.3 Å². The van der Waals surface area contributed by atoms with E-state index < -0.39 is 0 Å². The highest BCUT2D eigenvalue weighted by molar-refractivity contribution is 5.98. The van der Waals surface area contributed by atoms with E-state index in [9.17, 15) is 4.79 Å². The first-order valence-electron chi connectivity index (χ1n) is 5.89. The molecular formula is C13H18N2O. The number of hydrogen-bond acceptors (Lipinski definition) is 2. The van der Waals surface area contributed by atoms with Crippen LogP contribution < -0.4 is 10.6 Å². The smallest absolute Gasteiger partial charge is 0.243 e. The summed E-state index contributed by atoms with van der Waals surface area (Å²) < 4.78 is 0. The first-order chi connectivity index (χ1) is 7.74. The fraction of sp³-hybridized carbons (Fsp3) is 0.462. The minimum atomic E-state index is -0.369. The summed E-state index contributed by atoms with van der Waals surface area (Å²) in [4.78, 5) is 13.9. The highest BCUT2D eigenvalue weighted by Crippen LogP contribution is 2.27. The molecule has 1 atom stereocenters. The van der Waals surface area contributed by atoms with Gasteiger partial charge in [-0.3, -0.25) is 4.79 Å². The molecule has 1 aromatic rings. The molecule has 2 N–H and O–H groups in total. The quantitative estimate of drug-likeness (QED) is 0.821. The molecule has 1 aliphatic heterocycles. The second-order valence-electron chi connectivity index (χ2n) is 4.24. The number of aryl methyl sites for hydroxylation is 1. The van der Waals surface area contributed by atoms with Crippen LogP contribution >= 0.6 is 0 Å². The maximum atomic E-state index is 12.1. The van der Waals surface area contributed by atoms with E-state index in [1.807, 2.05) is 30.0 Å². The Morgan fingerprint density at radius 3 is 3.00 bits per heavy atom. The van der Waals surface area contributed by atoms with Crippen LogP contribution in [0.3, 0.4) is 0 Å². The molecule has 3 heteroatoms. The van der Waals surface area contributed by atoms with Gasteiger partial charge in [0.1, 0.15) is 0 Å². The molecule has 1 heterocycles. The zero-order valence-corrected chi connectivity index (χ0v) is 9.65. The number of para-hydroxylation sites is 1. The summed E-state index contributed by atoms with van der Waals surface area (Å²) in [7, 11) is 0. The number of benzene rings is 1. The van der Waals surface area contributed by atoms with Crippen molar-refractivity contribution in [2.75, 3.05) is 11.4 Å². The molecule has 0 aliphatic carbocycles. The standard InChI is InChI=1S/C13H18N2O/c1-2-11(14)13(16)15-9-5-7-10-6-3-4-8-12(10)15/h3-4,6,8,11H,2,5,7,9,14H2,1H3. The van der Waals surface area contributed by atoms with Gasteiger partial charge < -0.3 is 10.6 Å². The Morgan fingerprint density at radius 1 is 1.50 bits per heavy atom. The molecule has 0 saturated heterocycles. The third-order valence-corrected chi connectivity index (χ3v) is 3.13. The summed E-state index contributed by atoms with van der Waals surface area (Å²) >= 11 is 0. The Kier molecular flexibility index (Phi) is 3.25. The second kappa shape index (κ2) is 4.66. The summed E-state index contributed by atoms with van der Waals surface area (Å²) in [5.41, 5.74) is 8.11. The van der Waals surface area contributed by atoms with Crippen molar-refractivity contribution in [3.63, 3.8) is 0 Å². The number of nitrogens with zero attached hydrogens (tertiary/aromatic N) is 1. The van der Waals surface area contributed by atoms with E-state index >= 15 is 0 Å². The van der Waals surface area contributed by atoms with Crippen molar-refractivity contribution in [3.05, 3.63) is 29.8 Å². The lowest BCUT2D eigenvalue weighted by Crippen LogP contribution is -2.45. The van der Waals surface area contributed by atoms with Gasteiger partial charge in [-0.25, -0.2) is 0 Å². The minimum Gasteiger partial charge on any atom is -0.320 e. The number of carbonyl (C=O) groups excluding carboxylic acids is 1. The molecule has 0 saturated carbocycles. The molecule has 0 aromatic heterocycles. The first-order valence-corrected chi connectivity index (χ1v) is 5.89. The van der Waals surface area contributed by atoms with Crippen LogP contribution in [0.5, 0.6) is 0 Å².